The van der Waals surface area contributed by atoms with Crippen LogP contribution in [-0.2, 0) is 9.53 Å². The van der Waals surface area contributed by atoms with E-state index in [1.54, 1.807) is 51.3 Å². The number of esters is 1. The molecule has 1 unspecified atom stereocenters. The van der Waals surface area contributed by atoms with Crippen molar-refractivity contribution in [1.82, 2.24) is 4.57 Å². The first-order valence-electron chi connectivity index (χ1n) is 12.2. The molecule has 3 aromatic rings. The van der Waals surface area contributed by atoms with Crippen molar-refractivity contribution in [1.29, 1.82) is 0 Å². The van der Waals surface area contributed by atoms with Gasteiger partial charge in [-0.25, -0.2) is 9.79 Å². The Kier molecular flexibility index (Phi) is 7.83. The van der Waals surface area contributed by atoms with E-state index < -0.39 is 12.0 Å². The van der Waals surface area contributed by atoms with Crippen LogP contribution >= 0.6 is 11.3 Å². The van der Waals surface area contributed by atoms with Gasteiger partial charge in [-0.05, 0) is 63.6 Å². The van der Waals surface area contributed by atoms with Gasteiger partial charge in [0.15, 0.2) is 4.80 Å². The first-order chi connectivity index (χ1) is 17.8. The summed E-state index contributed by atoms with van der Waals surface area (Å²) in [4.78, 5) is 34.0. The largest absolute Gasteiger partial charge is 0.507 e. The summed E-state index contributed by atoms with van der Waals surface area (Å²) in [5.41, 5.74) is 2.63. The molecule has 0 spiro atoms. The normalized spacial score (nSPS) is 15.3. The Labute approximate surface area is 219 Å². The Balaban J connectivity index is 1.90. The summed E-state index contributed by atoms with van der Waals surface area (Å²) in [7, 11) is 1.57. The summed E-state index contributed by atoms with van der Waals surface area (Å²) in [5.74, 6) is 0.175. The van der Waals surface area contributed by atoms with Crippen LogP contribution in [0.25, 0.3) is 6.08 Å². The van der Waals surface area contributed by atoms with Gasteiger partial charge in [0.2, 0.25) is 0 Å². The molecule has 1 atom stereocenters. The van der Waals surface area contributed by atoms with Gasteiger partial charge in [-0.15, -0.1) is 0 Å². The van der Waals surface area contributed by atoms with Gasteiger partial charge in [0.05, 0.1) is 35.6 Å². The van der Waals surface area contributed by atoms with Crippen molar-refractivity contribution in [3.05, 3.63) is 84.5 Å². The van der Waals surface area contributed by atoms with Crippen LogP contribution in [0.3, 0.4) is 0 Å². The standard InChI is InChI=1S/C28H31N3O5S/c1-6-30(7-2)20-13-12-18(22(32)16-20)15-23-26(33)31-25(19-10-9-11-21(14-19)35-5)24(27(34)36-8-3)17(4)29-28(31)37-23/h9-16,25,32H,6-8H2,1-5H3. The number of aromatic nitrogens is 1. The monoisotopic (exact) mass is 521 g/mol. The lowest BCUT2D eigenvalue weighted by atomic mass is 9.95. The molecule has 0 aliphatic carbocycles. The van der Waals surface area contributed by atoms with E-state index in [1.807, 2.05) is 18.2 Å². The molecule has 0 saturated carbocycles. The molecule has 4 rings (SSSR count). The van der Waals surface area contributed by atoms with E-state index in [9.17, 15) is 14.7 Å². The molecule has 0 fully saturated rings. The van der Waals surface area contributed by atoms with E-state index in [0.29, 0.717) is 37.5 Å². The number of anilines is 1. The van der Waals surface area contributed by atoms with Gasteiger partial charge >= 0.3 is 5.97 Å². The first-order valence-corrected chi connectivity index (χ1v) is 13.1. The molecule has 2 aromatic carbocycles. The highest BCUT2D eigenvalue weighted by atomic mass is 32.1. The zero-order chi connectivity index (χ0) is 26.7. The van der Waals surface area contributed by atoms with Gasteiger partial charge in [0, 0.05) is 30.4 Å². The number of aromatic hydroxyl groups is 1. The maximum atomic E-state index is 13.8. The quantitative estimate of drug-likeness (QED) is 0.457. The van der Waals surface area contributed by atoms with Crippen LogP contribution in [-0.4, -0.2) is 42.4 Å². The maximum absolute atomic E-state index is 13.8. The number of hydrogen-bond donors (Lipinski definition) is 1. The second-order valence-corrected chi connectivity index (χ2v) is 9.50. The molecule has 1 aliphatic rings. The Hall–Kier alpha value is -3.85. The molecule has 0 saturated heterocycles. The number of phenolic OH excluding ortho intramolecular Hbond substituents is 1. The van der Waals surface area contributed by atoms with Crippen molar-refractivity contribution in [3.63, 3.8) is 0 Å². The fourth-order valence-corrected chi connectivity index (χ4v) is 5.54. The molecule has 194 valence electrons. The number of allylic oxidation sites excluding steroid dienone is 1. The van der Waals surface area contributed by atoms with Gasteiger partial charge in [0.1, 0.15) is 11.5 Å². The van der Waals surface area contributed by atoms with Gasteiger partial charge in [-0.3, -0.25) is 9.36 Å². The van der Waals surface area contributed by atoms with Gasteiger partial charge < -0.3 is 19.5 Å². The number of carbonyl (C=O) groups excluding carboxylic acids is 1. The van der Waals surface area contributed by atoms with Crippen molar-refractivity contribution < 1.29 is 19.4 Å². The number of carbonyl (C=O) groups is 1. The summed E-state index contributed by atoms with van der Waals surface area (Å²) in [6.07, 6.45) is 1.66. The molecule has 9 heteroatoms. The molecule has 8 nitrogen and oxygen atoms in total. The highest BCUT2D eigenvalue weighted by molar-refractivity contribution is 7.07. The lowest BCUT2D eigenvalue weighted by molar-refractivity contribution is -0.139. The van der Waals surface area contributed by atoms with Crippen LogP contribution in [0.5, 0.6) is 11.5 Å². The second-order valence-electron chi connectivity index (χ2n) is 8.49. The van der Waals surface area contributed by atoms with Crippen LogP contribution in [0.15, 0.2) is 63.5 Å². The molecule has 0 radical (unpaired) electrons. The van der Waals surface area contributed by atoms with Crippen molar-refractivity contribution in [2.45, 2.75) is 33.7 Å². The van der Waals surface area contributed by atoms with Gasteiger partial charge in [0.25, 0.3) is 5.56 Å². The number of thiazole rings is 1. The minimum Gasteiger partial charge on any atom is -0.507 e. The molecule has 37 heavy (non-hydrogen) atoms. The third-order valence-corrected chi connectivity index (χ3v) is 7.34. The number of hydrogen-bond acceptors (Lipinski definition) is 8. The third-order valence-electron chi connectivity index (χ3n) is 6.36. The number of phenols is 1. The highest BCUT2D eigenvalue weighted by Gasteiger charge is 2.33. The van der Waals surface area contributed by atoms with Crippen LogP contribution in [0, 0.1) is 0 Å². The van der Waals surface area contributed by atoms with Crippen molar-refractivity contribution in [2.24, 2.45) is 4.99 Å². The number of rotatable bonds is 8. The Bertz CT molecular complexity index is 1530. The zero-order valence-electron chi connectivity index (χ0n) is 21.6. The first kappa shape index (κ1) is 26.2. The number of methoxy groups -OCH3 is 1. The SMILES string of the molecule is CCOC(=O)C1=C(C)N=c2sc(=Cc3ccc(N(CC)CC)cc3O)c(=O)n2C1c1cccc(OC)c1. The Morgan fingerprint density at radius 1 is 1.19 bits per heavy atom. The van der Waals surface area contributed by atoms with Crippen LogP contribution in [0.1, 0.15) is 44.9 Å². The van der Waals surface area contributed by atoms with E-state index in [2.05, 4.69) is 23.7 Å². The minimum absolute atomic E-state index is 0.0861. The third kappa shape index (κ3) is 5.04. The fraction of sp³-hybridized carbons (Fsp3) is 0.321. The summed E-state index contributed by atoms with van der Waals surface area (Å²) in [6.45, 7) is 9.44. The molecule has 2 heterocycles. The topological polar surface area (TPSA) is 93.4 Å². The van der Waals surface area contributed by atoms with E-state index in [1.165, 1.54) is 15.9 Å². The lowest BCUT2D eigenvalue weighted by Crippen LogP contribution is -2.39. The molecule has 1 N–H and O–H groups in total. The number of ether oxygens (including phenoxy) is 2. The number of nitrogens with zero attached hydrogens (tertiary/aromatic N) is 3. The average molecular weight is 522 g/mol. The summed E-state index contributed by atoms with van der Waals surface area (Å²) >= 11 is 1.21. The van der Waals surface area contributed by atoms with E-state index in [0.717, 1.165) is 18.8 Å². The molecular weight excluding hydrogens is 490 g/mol. The average Bonchev–Trinajstić information content (AvgIpc) is 3.19. The van der Waals surface area contributed by atoms with Gasteiger partial charge in [-0.1, -0.05) is 23.5 Å². The molecule has 0 amide bonds. The van der Waals surface area contributed by atoms with Gasteiger partial charge in [-0.2, -0.15) is 0 Å². The minimum atomic E-state index is -0.730. The maximum Gasteiger partial charge on any atom is 0.338 e. The summed E-state index contributed by atoms with van der Waals surface area (Å²) < 4.78 is 12.7. The lowest BCUT2D eigenvalue weighted by Gasteiger charge is -2.25. The molecule has 1 aromatic heterocycles. The second kappa shape index (κ2) is 11.0. The van der Waals surface area contributed by atoms with E-state index in [4.69, 9.17) is 9.47 Å². The smallest absolute Gasteiger partial charge is 0.338 e. The number of fused-ring (bicyclic) bond motifs is 1. The Morgan fingerprint density at radius 3 is 2.59 bits per heavy atom. The van der Waals surface area contributed by atoms with Crippen molar-refractivity contribution in [2.75, 3.05) is 31.7 Å². The highest BCUT2D eigenvalue weighted by Crippen LogP contribution is 2.32. The summed E-state index contributed by atoms with van der Waals surface area (Å²) in [6, 6.07) is 12.0. The fourth-order valence-electron chi connectivity index (χ4n) is 4.50. The predicted octanol–water partition coefficient (Wildman–Crippen LogP) is 3.36. The van der Waals surface area contributed by atoms with Crippen LogP contribution < -0.4 is 24.5 Å². The zero-order valence-corrected chi connectivity index (χ0v) is 22.5. The van der Waals surface area contributed by atoms with E-state index in [-0.39, 0.29) is 17.9 Å². The molecule has 0 bridgehead atoms. The van der Waals surface area contributed by atoms with E-state index >= 15 is 0 Å². The van der Waals surface area contributed by atoms with Crippen LogP contribution in [0.4, 0.5) is 5.69 Å². The number of benzene rings is 2. The van der Waals surface area contributed by atoms with Crippen molar-refractivity contribution in [3.8, 4) is 11.5 Å². The Morgan fingerprint density at radius 2 is 1.95 bits per heavy atom. The summed E-state index contributed by atoms with van der Waals surface area (Å²) in [5, 5.41) is 10.7. The van der Waals surface area contributed by atoms with Crippen molar-refractivity contribution >= 4 is 29.1 Å². The molecule has 1 aliphatic heterocycles. The predicted molar refractivity (Wildman–Crippen MR) is 145 cm³/mol. The van der Waals surface area contributed by atoms with Crippen LogP contribution in [0.2, 0.25) is 0 Å². The molecular formula is C28H31N3O5S.